The Hall–Kier alpha value is -1.70. The number of nitrogens with two attached hydrogens (primary N) is 1. The number of ether oxygens (including phenoxy) is 1. The zero-order valence-corrected chi connectivity index (χ0v) is 15.7. The van der Waals surface area contributed by atoms with Gasteiger partial charge in [-0.1, -0.05) is 23.2 Å². The zero-order chi connectivity index (χ0) is 19.6. The van der Waals surface area contributed by atoms with Crippen LogP contribution in [-0.2, 0) is 12.7 Å². The van der Waals surface area contributed by atoms with Gasteiger partial charge in [-0.3, -0.25) is 0 Å². The first-order chi connectivity index (χ1) is 12.8. The Morgan fingerprint density at radius 3 is 2.74 bits per heavy atom. The van der Waals surface area contributed by atoms with E-state index in [-0.39, 0.29) is 18.5 Å². The Kier molecular flexibility index (Phi) is 6.03. The first-order valence-electron chi connectivity index (χ1n) is 8.33. The fourth-order valence-corrected chi connectivity index (χ4v) is 3.20. The Morgan fingerprint density at radius 2 is 2.07 bits per heavy atom. The van der Waals surface area contributed by atoms with Crippen molar-refractivity contribution in [2.45, 2.75) is 31.7 Å². The van der Waals surface area contributed by atoms with E-state index in [0.717, 1.165) is 24.7 Å². The highest BCUT2D eigenvalue weighted by atomic mass is 35.5. The third-order valence-electron chi connectivity index (χ3n) is 4.23. The molecule has 1 aliphatic rings. The van der Waals surface area contributed by atoms with Crippen molar-refractivity contribution in [3.05, 3.63) is 51.6 Å². The molecule has 1 radical (unpaired) electrons. The van der Waals surface area contributed by atoms with Crippen LogP contribution in [-0.4, -0.2) is 24.2 Å². The molecule has 2 aromatic rings. The van der Waals surface area contributed by atoms with E-state index in [0.29, 0.717) is 28.6 Å². The van der Waals surface area contributed by atoms with E-state index in [2.05, 4.69) is 11.1 Å². The molecule has 4 nitrogen and oxygen atoms in total. The molecular weight excluding hydrogens is 402 g/mol. The van der Waals surface area contributed by atoms with Gasteiger partial charge in [0.25, 0.3) is 0 Å². The number of alkyl halides is 3. The molecule has 2 heterocycles. The van der Waals surface area contributed by atoms with Gasteiger partial charge in [0, 0.05) is 30.9 Å². The Morgan fingerprint density at radius 1 is 1.30 bits per heavy atom. The smallest absolute Gasteiger partial charge is 0.433 e. The fourth-order valence-electron chi connectivity index (χ4n) is 2.93. The molecule has 3 rings (SSSR count). The van der Waals surface area contributed by atoms with E-state index >= 15 is 0 Å². The summed E-state index contributed by atoms with van der Waals surface area (Å²) in [6.07, 6.45) is -3.37. The highest BCUT2D eigenvalue weighted by Crippen LogP contribution is 2.31. The van der Waals surface area contributed by atoms with Gasteiger partial charge in [-0.25, -0.2) is 4.98 Å². The second-order valence-corrected chi connectivity index (χ2v) is 7.02. The first-order valence-corrected chi connectivity index (χ1v) is 9.09. The SMILES string of the molecule is NCc1cc(O[C@H]2CCCN(c3[c]c(Cl)c(Cl)cc3)C2)nc(C(F)(F)F)c1. The van der Waals surface area contributed by atoms with Crippen molar-refractivity contribution in [2.75, 3.05) is 18.0 Å². The van der Waals surface area contributed by atoms with Gasteiger partial charge < -0.3 is 15.4 Å². The van der Waals surface area contributed by atoms with E-state index in [1.165, 1.54) is 6.07 Å². The molecule has 0 amide bonds. The molecular formula is C18H17Cl2F3N3O. The van der Waals surface area contributed by atoms with Crippen molar-refractivity contribution < 1.29 is 17.9 Å². The van der Waals surface area contributed by atoms with E-state index in [1.54, 1.807) is 12.1 Å². The summed E-state index contributed by atoms with van der Waals surface area (Å²) >= 11 is 11.9. The number of pyridine rings is 1. The molecule has 2 N–H and O–H groups in total. The van der Waals surface area contributed by atoms with Crippen molar-refractivity contribution in [1.82, 2.24) is 4.98 Å². The predicted octanol–water partition coefficient (Wildman–Crippen LogP) is 4.71. The lowest BCUT2D eigenvalue weighted by atomic mass is 10.1. The summed E-state index contributed by atoms with van der Waals surface area (Å²) in [5.74, 6) is -0.0738. The first kappa shape index (κ1) is 20.0. The Balaban J connectivity index is 1.76. The molecule has 0 spiro atoms. The van der Waals surface area contributed by atoms with Gasteiger partial charge in [0.2, 0.25) is 5.88 Å². The van der Waals surface area contributed by atoms with Crippen LogP contribution in [0.15, 0.2) is 24.3 Å². The average Bonchev–Trinajstić information content (AvgIpc) is 2.63. The summed E-state index contributed by atoms with van der Waals surface area (Å²) in [5.41, 5.74) is 5.57. The monoisotopic (exact) mass is 418 g/mol. The van der Waals surface area contributed by atoms with Gasteiger partial charge >= 0.3 is 6.18 Å². The van der Waals surface area contributed by atoms with Gasteiger partial charge in [0.05, 0.1) is 16.6 Å². The zero-order valence-electron chi connectivity index (χ0n) is 14.2. The topological polar surface area (TPSA) is 51.4 Å². The van der Waals surface area contributed by atoms with Crippen LogP contribution in [0.25, 0.3) is 0 Å². The minimum absolute atomic E-state index is 0.0308. The van der Waals surface area contributed by atoms with Gasteiger partial charge in [-0.15, -0.1) is 0 Å². The third-order valence-corrected chi connectivity index (χ3v) is 4.94. The summed E-state index contributed by atoms with van der Waals surface area (Å²) in [6, 6.07) is 8.86. The van der Waals surface area contributed by atoms with Crippen LogP contribution in [0.3, 0.4) is 0 Å². The average molecular weight is 419 g/mol. The maximum Gasteiger partial charge on any atom is 0.433 e. The highest BCUT2D eigenvalue weighted by molar-refractivity contribution is 6.42. The number of aromatic nitrogens is 1. The Bertz CT molecular complexity index is 817. The minimum Gasteiger partial charge on any atom is -0.472 e. The van der Waals surface area contributed by atoms with Crippen molar-refractivity contribution in [2.24, 2.45) is 5.73 Å². The maximum atomic E-state index is 13.0. The normalized spacial score (nSPS) is 17.9. The predicted molar refractivity (Wildman–Crippen MR) is 98.3 cm³/mol. The molecule has 27 heavy (non-hydrogen) atoms. The quantitative estimate of drug-likeness (QED) is 0.780. The number of rotatable bonds is 4. The summed E-state index contributed by atoms with van der Waals surface area (Å²) in [7, 11) is 0. The largest absolute Gasteiger partial charge is 0.472 e. The lowest BCUT2D eigenvalue weighted by Gasteiger charge is -2.34. The second-order valence-electron chi connectivity index (χ2n) is 6.23. The van der Waals surface area contributed by atoms with Gasteiger partial charge in [-0.05, 0) is 36.6 Å². The van der Waals surface area contributed by atoms with Crippen LogP contribution < -0.4 is 15.4 Å². The highest BCUT2D eigenvalue weighted by Gasteiger charge is 2.34. The molecule has 1 fully saturated rings. The van der Waals surface area contributed by atoms with Gasteiger partial charge in [0.1, 0.15) is 11.8 Å². The second kappa shape index (κ2) is 8.12. The molecule has 1 atom stereocenters. The number of hydrogen-bond donors (Lipinski definition) is 1. The van der Waals surface area contributed by atoms with Crippen LogP contribution in [0.1, 0.15) is 24.1 Å². The molecule has 0 aliphatic carbocycles. The summed E-state index contributed by atoms with van der Waals surface area (Å²) in [4.78, 5) is 5.61. The minimum atomic E-state index is -4.56. The number of anilines is 1. The molecule has 0 bridgehead atoms. The van der Waals surface area contributed by atoms with Crippen LogP contribution >= 0.6 is 23.2 Å². The fraction of sp³-hybridized carbons (Fsp3) is 0.389. The van der Waals surface area contributed by atoms with E-state index in [9.17, 15) is 13.2 Å². The molecule has 1 saturated heterocycles. The maximum absolute atomic E-state index is 13.0. The molecule has 1 aromatic carbocycles. The van der Waals surface area contributed by atoms with E-state index in [1.807, 2.05) is 4.90 Å². The summed E-state index contributed by atoms with van der Waals surface area (Å²) in [6.45, 7) is 1.21. The van der Waals surface area contributed by atoms with Crippen LogP contribution in [0, 0.1) is 6.07 Å². The third kappa shape index (κ3) is 4.97. The summed E-state index contributed by atoms with van der Waals surface area (Å²) < 4.78 is 44.8. The lowest BCUT2D eigenvalue weighted by molar-refractivity contribution is -0.141. The molecule has 1 aliphatic heterocycles. The molecule has 145 valence electrons. The van der Waals surface area contributed by atoms with Crippen molar-refractivity contribution >= 4 is 28.9 Å². The molecule has 9 heteroatoms. The van der Waals surface area contributed by atoms with Crippen LogP contribution in [0.2, 0.25) is 10.0 Å². The van der Waals surface area contributed by atoms with Crippen molar-refractivity contribution in [3.63, 3.8) is 0 Å². The molecule has 1 aromatic heterocycles. The number of hydrogen-bond acceptors (Lipinski definition) is 4. The number of nitrogens with zero attached hydrogens (tertiary/aromatic N) is 2. The van der Waals surface area contributed by atoms with Crippen molar-refractivity contribution in [1.29, 1.82) is 0 Å². The van der Waals surface area contributed by atoms with Crippen LogP contribution in [0.5, 0.6) is 5.88 Å². The van der Waals surface area contributed by atoms with Gasteiger partial charge in [0.15, 0.2) is 0 Å². The van der Waals surface area contributed by atoms with Crippen molar-refractivity contribution in [3.8, 4) is 5.88 Å². The summed E-state index contributed by atoms with van der Waals surface area (Å²) in [5, 5.41) is 0.733. The van der Waals surface area contributed by atoms with E-state index in [4.69, 9.17) is 33.7 Å². The Labute approximate surface area is 165 Å². The number of halogens is 5. The number of benzene rings is 1. The van der Waals surface area contributed by atoms with Gasteiger partial charge in [-0.2, -0.15) is 13.2 Å². The van der Waals surface area contributed by atoms with Crippen LogP contribution in [0.4, 0.5) is 18.9 Å². The standard InChI is InChI=1S/C18H17Cl2F3N3O/c19-14-4-3-12(8-15(14)20)26-5-1-2-13(10-26)27-17-7-11(9-24)6-16(25-17)18(21,22)23/h3-4,6-7,13H,1-2,5,9-10,24H2/t13-/m0/s1. The molecule has 0 unspecified atom stereocenters. The molecule has 0 saturated carbocycles. The number of piperidine rings is 1. The lowest BCUT2D eigenvalue weighted by Crippen LogP contribution is -2.41. The van der Waals surface area contributed by atoms with E-state index < -0.39 is 11.9 Å².